The van der Waals surface area contributed by atoms with Gasteiger partial charge in [0.2, 0.25) is 0 Å². The molecule has 0 aromatic rings. The molecule has 0 spiro atoms. The third-order valence-corrected chi connectivity index (χ3v) is 4.17. The lowest BCUT2D eigenvalue weighted by Gasteiger charge is -2.37. The van der Waals surface area contributed by atoms with Crippen LogP contribution in [0.3, 0.4) is 0 Å². The molecule has 2 nitrogen and oxygen atoms in total. The van der Waals surface area contributed by atoms with Crippen molar-refractivity contribution in [3.63, 3.8) is 0 Å². The third-order valence-electron chi connectivity index (χ3n) is 4.17. The average Bonchev–Trinajstić information content (AvgIpc) is 2.30. The van der Waals surface area contributed by atoms with E-state index in [9.17, 15) is 0 Å². The molecule has 1 heterocycles. The van der Waals surface area contributed by atoms with E-state index in [0.29, 0.717) is 6.04 Å². The number of rotatable bonds is 6. The fourth-order valence-corrected chi connectivity index (χ4v) is 2.67. The number of likely N-dealkylation sites (tertiary alicyclic amines) is 1. The predicted molar refractivity (Wildman–Crippen MR) is 71.8 cm³/mol. The molecule has 3 unspecified atom stereocenters. The standard InChI is InChI=1S/C14H30N2/c1-5-12(3)14(15-6-2)11-16-10-8-7-9-13(16)4/h12-15H,5-11H2,1-4H3. The van der Waals surface area contributed by atoms with Crippen molar-refractivity contribution in [3.8, 4) is 0 Å². The van der Waals surface area contributed by atoms with Crippen LogP contribution in [0.2, 0.25) is 0 Å². The fraction of sp³-hybridized carbons (Fsp3) is 1.00. The quantitative estimate of drug-likeness (QED) is 0.749. The van der Waals surface area contributed by atoms with Crippen LogP contribution in [-0.2, 0) is 0 Å². The minimum atomic E-state index is 0.676. The van der Waals surface area contributed by atoms with Crippen molar-refractivity contribution in [2.75, 3.05) is 19.6 Å². The van der Waals surface area contributed by atoms with Gasteiger partial charge in [-0.05, 0) is 38.8 Å². The maximum Gasteiger partial charge on any atom is 0.0220 e. The summed E-state index contributed by atoms with van der Waals surface area (Å²) >= 11 is 0. The smallest absolute Gasteiger partial charge is 0.0220 e. The van der Waals surface area contributed by atoms with E-state index in [0.717, 1.165) is 18.5 Å². The lowest BCUT2D eigenvalue weighted by atomic mass is 9.96. The maximum atomic E-state index is 3.66. The number of piperidine rings is 1. The Labute approximate surface area is 102 Å². The first kappa shape index (κ1) is 14.0. The Morgan fingerprint density at radius 3 is 2.62 bits per heavy atom. The van der Waals surface area contributed by atoms with Gasteiger partial charge in [0, 0.05) is 18.6 Å². The van der Waals surface area contributed by atoms with E-state index in [2.05, 4.69) is 37.9 Å². The van der Waals surface area contributed by atoms with Gasteiger partial charge in [-0.1, -0.05) is 33.6 Å². The van der Waals surface area contributed by atoms with Crippen LogP contribution in [-0.4, -0.2) is 36.6 Å². The van der Waals surface area contributed by atoms with Gasteiger partial charge in [-0.25, -0.2) is 0 Å². The van der Waals surface area contributed by atoms with E-state index in [1.54, 1.807) is 0 Å². The van der Waals surface area contributed by atoms with Crippen LogP contribution in [0.15, 0.2) is 0 Å². The van der Waals surface area contributed by atoms with E-state index in [1.165, 1.54) is 38.8 Å². The Bertz CT molecular complexity index is 182. The molecule has 2 heteroatoms. The largest absolute Gasteiger partial charge is 0.313 e. The van der Waals surface area contributed by atoms with Crippen LogP contribution < -0.4 is 5.32 Å². The monoisotopic (exact) mass is 226 g/mol. The summed E-state index contributed by atoms with van der Waals surface area (Å²) in [6.45, 7) is 12.9. The molecule has 0 aromatic carbocycles. The number of hydrogen-bond acceptors (Lipinski definition) is 2. The van der Waals surface area contributed by atoms with Gasteiger partial charge in [-0.3, -0.25) is 4.90 Å². The number of likely N-dealkylation sites (N-methyl/N-ethyl adjacent to an activating group) is 1. The molecule has 0 aliphatic carbocycles. The van der Waals surface area contributed by atoms with E-state index in [-0.39, 0.29) is 0 Å². The average molecular weight is 226 g/mol. The molecule has 0 bridgehead atoms. The highest BCUT2D eigenvalue weighted by molar-refractivity contribution is 4.81. The first-order valence-corrected chi connectivity index (χ1v) is 7.16. The van der Waals surface area contributed by atoms with Crippen molar-refractivity contribution >= 4 is 0 Å². The second kappa shape index (κ2) is 7.29. The summed E-state index contributed by atoms with van der Waals surface area (Å²) in [5.41, 5.74) is 0. The molecule has 1 saturated heterocycles. The van der Waals surface area contributed by atoms with Crippen molar-refractivity contribution < 1.29 is 0 Å². The van der Waals surface area contributed by atoms with Crippen molar-refractivity contribution in [1.82, 2.24) is 10.2 Å². The van der Waals surface area contributed by atoms with Gasteiger partial charge in [0.25, 0.3) is 0 Å². The lowest BCUT2D eigenvalue weighted by Crippen LogP contribution is -2.49. The topological polar surface area (TPSA) is 15.3 Å². The number of hydrogen-bond donors (Lipinski definition) is 1. The number of nitrogens with zero attached hydrogens (tertiary/aromatic N) is 1. The molecule has 3 atom stereocenters. The Morgan fingerprint density at radius 2 is 2.06 bits per heavy atom. The fourth-order valence-electron chi connectivity index (χ4n) is 2.67. The van der Waals surface area contributed by atoms with Gasteiger partial charge in [-0.15, -0.1) is 0 Å². The lowest BCUT2D eigenvalue weighted by molar-refractivity contribution is 0.131. The molecule has 1 fully saturated rings. The molecule has 0 amide bonds. The number of nitrogens with one attached hydrogen (secondary N) is 1. The Balaban J connectivity index is 2.45. The SMILES string of the molecule is CCNC(CN1CCCCC1C)C(C)CC. The molecule has 1 N–H and O–H groups in total. The van der Waals surface area contributed by atoms with Gasteiger partial charge in [-0.2, -0.15) is 0 Å². The van der Waals surface area contributed by atoms with Gasteiger partial charge >= 0.3 is 0 Å². The molecule has 16 heavy (non-hydrogen) atoms. The summed E-state index contributed by atoms with van der Waals surface area (Å²) in [4.78, 5) is 2.68. The molecular weight excluding hydrogens is 196 g/mol. The Morgan fingerprint density at radius 1 is 1.31 bits per heavy atom. The van der Waals surface area contributed by atoms with Crippen molar-refractivity contribution in [3.05, 3.63) is 0 Å². The zero-order valence-corrected chi connectivity index (χ0v) is 11.6. The second-order valence-electron chi connectivity index (χ2n) is 5.39. The van der Waals surface area contributed by atoms with E-state index in [4.69, 9.17) is 0 Å². The zero-order chi connectivity index (χ0) is 12.0. The zero-order valence-electron chi connectivity index (χ0n) is 11.6. The summed E-state index contributed by atoms with van der Waals surface area (Å²) < 4.78 is 0. The predicted octanol–water partition coefficient (Wildman–Crippen LogP) is 2.89. The molecule has 1 rings (SSSR count). The van der Waals surface area contributed by atoms with E-state index >= 15 is 0 Å². The summed E-state index contributed by atoms with van der Waals surface area (Å²) in [5, 5.41) is 3.66. The molecule has 1 aliphatic heterocycles. The summed E-state index contributed by atoms with van der Waals surface area (Å²) in [6.07, 6.45) is 5.48. The third kappa shape index (κ3) is 4.06. The highest BCUT2D eigenvalue weighted by Crippen LogP contribution is 2.18. The normalized spacial score (nSPS) is 26.6. The summed E-state index contributed by atoms with van der Waals surface area (Å²) in [5.74, 6) is 0.786. The minimum Gasteiger partial charge on any atom is -0.313 e. The maximum absolute atomic E-state index is 3.66. The first-order valence-electron chi connectivity index (χ1n) is 7.16. The van der Waals surface area contributed by atoms with Crippen LogP contribution in [0, 0.1) is 5.92 Å². The summed E-state index contributed by atoms with van der Waals surface area (Å²) in [7, 11) is 0. The molecule has 0 radical (unpaired) electrons. The Kier molecular flexibility index (Phi) is 6.37. The van der Waals surface area contributed by atoms with Crippen molar-refractivity contribution in [2.24, 2.45) is 5.92 Å². The van der Waals surface area contributed by atoms with Crippen molar-refractivity contribution in [1.29, 1.82) is 0 Å². The highest BCUT2D eigenvalue weighted by Gasteiger charge is 2.23. The minimum absolute atomic E-state index is 0.676. The van der Waals surface area contributed by atoms with E-state index < -0.39 is 0 Å². The van der Waals surface area contributed by atoms with Crippen LogP contribution in [0.1, 0.15) is 53.4 Å². The van der Waals surface area contributed by atoms with Crippen LogP contribution in [0.25, 0.3) is 0 Å². The van der Waals surface area contributed by atoms with E-state index in [1.807, 2.05) is 0 Å². The van der Waals surface area contributed by atoms with Crippen LogP contribution >= 0.6 is 0 Å². The van der Waals surface area contributed by atoms with Gasteiger partial charge in [0.05, 0.1) is 0 Å². The Hall–Kier alpha value is -0.0800. The van der Waals surface area contributed by atoms with Gasteiger partial charge < -0.3 is 5.32 Å². The van der Waals surface area contributed by atoms with Crippen LogP contribution in [0.5, 0.6) is 0 Å². The first-order chi connectivity index (χ1) is 7.69. The second-order valence-corrected chi connectivity index (χ2v) is 5.39. The molecule has 1 aliphatic rings. The van der Waals surface area contributed by atoms with Crippen LogP contribution in [0.4, 0.5) is 0 Å². The molecular formula is C14H30N2. The van der Waals surface area contributed by atoms with Gasteiger partial charge in [0.15, 0.2) is 0 Å². The summed E-state index contributed by atoms with van der Waals surface area (Å²) in [6, 6.07) is 1.47. The molecule has 0 saturated carbocycles. The van der Waals surface area contributed by atoms with Crippen molar-refractivity contribution in [2.45, 2.75) is 65.5 Å². The van der Waals surface area contributed by atoms with Gasteiger partial charge in [0.1, 0.15) is 0 Å². The molecule has 0 aromatic heterocycles. The molecule has 96 valence electrons. The highest BCUT2D eigenvalue weighted by atomic mass is 15.2.